The summed E-state index contributed by atoms with van der Waals surface area (Å²) < 4.78 is 0. The minimum atomic E-state index is 0.553. The summed E-state index contributed by atoms with van der Waals surface area (Å²) in [5.74, 6) is 0.553. The Hall–Kier alpha value is -1.82. The molecular formula is C17H16. The average molecular weight is 220 g/mol. The van der Waals surface area contributed by atoms with Gasteiger partial charge in [0.1, 0.15) is 0 Å². The maximum absolute atomic E-state index is 2.25. The summed E-state index contributed by atoms with van der Waals surface area (Å²) in [6, 6.07) is 19.4. The summed E-state index contributed by atoms with van der Waals surface area (Å²) in [5, 5.41) is 0. The molecule has 1 aliphatic carbocycles. The summed E-state index contributed by atoms with van der Waals surface area (Å²) >= 11 is 0. The molecule has 0 saturated carbocycles. The third-order valence-corrected chi connectivity index (χ3v) is 3.63. The molecular weight excluding hydrogens is 204 g/mol. The van der Waals surface area contributed by atoms with Crippen LogP contribution in [0.2, 0.25) is 0 Å². The van der Waals surface area contributed by atoms with E-state index in [0.29, 0.717) is 5.92 Å². The van der Waals surface area contributed by atoms with Gasteiger partial charge in [0.2, 0.25) is 0 Å². The van der Waals surface area contributed by atoms with Gasteiger partial charge in [-0.3, -0.25) is 0 Å². The van der Waals surface area contributed by atoms with E-state index in [9.17, 15) is 0 Å². The highest BCUT2D eigenvalue weighted by Gasteiger charge is 2.35. The summed E-state index contributed by atoms with van der Waals surface area (Å²) in [4.78, 5) is 0. The maximum Gasteiger partial charge on any atom is 0.0308 e. The molecule has 0 heteroatoms. The topological polar surface area (TPSA) is 0 Å². The first kappa shape index (κ1) is 10.3. The van der Waals surface area contributed by atoms with Crippen LogP contribution in [-0.2, 0) is 0 Å². The quantitative estimate of drug-likeness (QED) is 0.695. The number of hydrogen-bond acceptors (Lipinski definition) is 0. The fraction of sp³-hybridized carbons (Fsp3) is 0.176. The average Bonchev–Trinajstić information content (AvgIpc) is 3.02. The fourth-order valence-corrected chi connectivity index (χ4v) is 2.64. The summed E-state index contributed by atoms with van der Waals surface area (Å²) in [6.07, 6.45) is 0. The van der Waals surface area contributed by atoms with E-state index >= 15 is 0 Å². The Balaban J connectivity index is 1.96. The molecule has 1 atom stereocenters. The van der Waals surface area contributed by atoms with Gasteiger partial charge in [0.25, 0.3) is 0 Å². The molecule has 3 rings (SSSR count). The standard InChI is InChI=1S/C17H16/c1-12-8-6-7-11-15(12)17-13(2)16(17)14-9-4-3-5-10-14/h3-11,16H,1-2H3. The van der Waals surface area contributed by atoms with E-state index in [4.69, 9.17) is 0 Å². The highest BCUT2D eigenvalue weighted by molar-refractivity contribution is 5.91. The Bertz CT molecular complexity index is 576. The van der Waals surface area contributed by atoms with Crippen molar-refractivity contribution < 1.29 is 0 Å². The van der Waals surface area contributed by atoms with Crippen LogP contribution in [0.5, 0.6) is 0 Å². The van der Waals surface area contributed by atoms with E-state index in [1.54, 1.807) is 0 Å². The molecule has 0 saturated heterocycles. The van der Waals surface area contributed by atoms with Crippen LogP contribution < -0.4 is 0 Å². The van der Waals surface area contributed by atoms with Gasteiger partial charge in [-0.15, -0.1) is 0 Å². The Morgan fingerprint density at radius 3 is 2.12 bits per heavy atom. The van der Waals surface area contributed by atoms with E-state index in [0.717, 1.165) is 0 Å². The summed E-state index contributed by atoms with van der Waals surface area (Å²) in [6.45, 7) is 4.44. The largest absolute Gasteiger partial charge is 0.0622 e. The van der Waals surface area contributed by atoms with Gasteiger partial charge in [-0.25, -0.2) is 0 Å². The van der Waals surface area contributed by atoms with Gasteiger partial charge in [-0.2, -0.15) is 0 Å². The van der Waals surface area contributed by atoms with Crippen LogP contribution in [0.4, 0.5) is 0 Å². The SMILES string of the molecule is CC1=C(c2ccccc2C)C1c1ccccc1. The van der Waals surface area contributed by atoms with E-state index in [2.05, 4.69) is 68.4 Å². The van der Waals surface area contributed by atoms with Crippen molar-refractivity contribution in [3.63, 3.8) is 0 Å². The van der Waals surface area contributed by atoms with Crippen molar-refractivity contribution in [1.29, 1.82) is 0 Å². The van der Waals surface area contributed by atoms with E-state index < -0.39 is 0 Å². The molecule has 0 bridgehead atoms. The van der Waals surface area contributed by atoms with Gasteiger partial charge < -0.3 is 0 Å². The predicted molar refractivity (Wildman–Crippen MR) is 73.0 cm³/mol. The second kappa shape index (κ2) is 3.89. The molecule has 84 valence electrons. The minimum absolute atomic E-state index is 0.553. The zero-order chi connectivity index (χ0) is 11.8. The Kier molecular flexibility index (Phi) is 2.36. The van der Waals surface area contributed by atoms with Crippen molar-refractivity contribution in [2.75, 3.05) is 0 Å². The molecule has 0 amide bonds. The van der Waals surface area contributed by atoms with Gasteiger partial charge in [0, 0.05) is 5.92 Å². The molecule has 2 aromatic rings. The third kappa shape index (κ3) is 1.70. The number of benzene rings is 2. The van der Waals surface area contributed by atoms with Crippen molar-refractivity contribution in [3.05, 3.63) is 76.9 Å². The summed E-state index contributed by atoms with van der Waals surface area (Å²) in [7, 11) is 0. The Morgan fingerprint density at radius 1 is 0.765 bits per heavy atom. The molecule has 1 unspecified atom stereocenters. The van der Waals surface area contributed by atoms with Gasteiger partial charge in [-0.1, -0.05) is 60.2 Å². The zero-order valence-electron chi connectivity index (χ0n) is 10.3. The highest BCUT2D eigenvalue weighted by atomic mass is 14.4. The molecule has 17 heavy (non-hydrogen) atoms. The van der Waals surface area contributed by atoms with Crippen LogP contribution in [0, 0.1) is 6.92 Å². The van der Waals surface area contributed by atoms with Crippen molar-refractivity contribution in [2.45, 2.75) is 19.8 Å². The molecule has 0 nitrogen and oxygen atoms in total. The van der Waals surface area contributed by atoms with Gasteiger partial charge in [0.05, 0.1) is 0 Å². The second-order valence-electron chi connectivity index (χ2n) is 4.76. The molecule has 0 spiro atoms. The van der Waals surface area contributed by atoms with Crippen molar-refractivity contribution >= 4 is 5.57 Å². The summed E-state index contributed by atoms with van der Waals surface area (Å²) in [5.41, 5.74) is 7.25. The van der Waals surface area contributed by atoms with Crippen LogP contribution in [0.1, 0.15) is 29.5 Å². The first-order chi connectivity index (χ1) is 8.29. The van der Waals surface area contributed by atoms with Crippen LogP contribution in [0.3, 0.4) is 0 Å². The first-order valence-corrected chi connectivity index (χ1v) is 6.10. The minimum Gasteiger partial charge on any atom is -0.0622 e. The number of allylic oxidation sites excluding steroid dienone is 2. The highest BCUT2D eigenvalue weighted by Crippen LogP contribution is 2.54. The van der Waals surface area contributed by atoms with Crippen LogP contribution in [0.25, 0.3) is 5.57 Å². The van der Waals surface area contributed by atoms with Gasteiger partial charge >= 0.3 is 0 Å². The van der Waals surface area contributed by atoms with Gasteiger partial charge in [-0.05, 0) is 36.1 Å². The van der Waals surface area contributed by atoms with Crippen molar-refractivity contribution in [1.82, 2.24) is 0 Å². The smallest absolute Gasteiger partial charge is 0.0308 e. The molecule has 0 N–H and O–H groups in total. The lowest BCUT2D eigenvalue weighted by Gasteiger charge is -2.04. The third-order valence-electron chi connectivity index (χ3n) is 3.63. The van der Waals surface area contributed by atoms with E-state index in [1.807, 2.05) is 0 Å². The number of hydrogen-bond donors (Lipinski definition) is 0. The van der Waals surface area contributed by atoms with Crippen LogP contribution >= 0.6 is 0 Å². The first-order valence-electron chi connectivity index (χ1n) is 6.10. The maximum atomic E-state index is 2.25. The molecule has 0 aromatic heterocycles. The molecule has 1 aliphatic rings. The number of aryl methyl sites for hydroxylation is 1. The molecule has 0 fully saturated rings. The number of rotatable bonds is 2. The Morgan fingerprint density at radius 2 is 1.41 bits per heavy atom. The lowest BCUT2D eigenvalue weighted by Crippen LogP contribution is -1.86. The Labute approximate surface area is 103 Å². The van der Waals surface area contributed by atoms with Crippen LogP contribution in [0.15, 0.2) is 60.2 Å². The van der Waals surface area contributed by atoms with Gasteiger partial charge in [0.15, 0.2) is 0 Å². The molecule has 0 heterocycles. The zero-order valence-corrected chi connectivity index (χ0v) is 10.3. The normalized spacial score (nSPS) is 18.4. The molecule has 0 radical (unpaired) electrons. The van der Waals surface area contributed by atoms with Crippen molar-refractivity contribution in [3.8, 4) is 0 Å². The fourth-order valence-electron chi connectivity index (χ4n) is 2.64. The lowest BCUT2D eigenvalue weighted by molar-refractivity contribution is 1.17. The van der Waals surface area contributed by atoms with E-state index in [-0.39, 0.29) is 0 Å². The predicted octanol–water partition coefficient (Wildman–Crippen LogP) is 4.57. The molecule has 2 aromatic carbocycles. The lowest BCUT2D eigenvalue weighted by atomic mass is 10.00. The molecule has 0 aliphatic heterocycles. The monoisotopic (exact) mass is 220 g/mol. The second-order valence-corrected chi connectivity index (χ2v) is 4.76. The van der Waals surface area contributed by atoms with Crippen LogP contribution in [-0.4, -0.2) is 0 Å². The van der Waals surface area contributed by atoms with Crippen molar-refractivity contribution in [2.24, 2.45) is 0 Å². The van der Waals surface area contributed by atoms with E-state index in [1.165, 1.54) is 27.8 Å².